The fraction of sp³-hybridized carbons (Fsp3) is 0.867. The molecule has 0 aliphatic heterocycles. The Labute approximate surface area is 121 Å². The Bertz CT molecular complexity index is 312. The first-order valence-corrected chi connectivity index (χ1v) is 7.73. The van der Waals surface area contributed by atoms with E-state index in [1.54, 1.807) is 0 Å². The van der Waals surface area contributed by atoms with E-state index in [2.05, 4.69) is 5.32 Å². The summed E-state index contributed by atoms with van der Waals surface area (Å²) in [5, 5.41) is 11.7. The maximum atomic E-state index is 12.0. The van der Waals surface area contributed by atoms with Crippen molar-refractivity contribution in [2.45, 2.75) is 52.4 Å². The highest BCUT2D eigenvalue weighted by Gasteiger charge is 2.18. The van der Waals surface area contributed by atoms with Crippen LogP contribution in [-0.2, 0) is 4.79 Å². The largest absolute Gasteiger partial charge is 0.480 e. The highest BCUT2D eigenvalue weighted by molar-refractivity contribution is 5.80. The molecule has 1 saturated carbocycles. The van der Waals surface area contributed by atoms with Crippen molar-refractivity contribution in [1.82, 2.24) is 10.2 Å². The first kappa shape index (κ1) is 16.8. The maximum absolute atomic E-state index is 12.0. The van der Waals surface area contributed by atoms with E-state index in [1.807, 2.05) is 13.8 Å². The van der Waals surface area contributed by atoms with Crippen molar-refractivity contribution in [3.63, 3.8) is 0 Å². The number of carboxylic acid groups (broad SMARTS) is 1. The summed E-state index contributed by atoms with van der Waals surface area (Å²) in [7, 11) is 0. The van der Waals surface area contributed by atoms with Crippen LogP contribution in [0.25, 0.3) is 0 Å². The van der Waals surface area contributed by atoms with Crippen LogP contribution in [0.1, 0.15) is 52.4 Å². The van der Waals surface area contributed by atoms with Gasteiger partial charge in [-0.1, -0.05) is 39.5 Å². The summed E-state index contributed by atoms with van der Waals surface area (Å²) in [4.78, 5) is 24.1. The number of carbonyl (C=O) groups excluding carboxylic acids is 1. The lowest BCUT2D eigenvalue weighted by molar-refractivity contribution is -0.137. The molecule has 1 rings (SSSR count). The fourth-order valence-corrected chi connectivity index (χ4v) is 2.82. The molecular weight excluding hydrogens is 256 g/mol. The number of nitrogens with one attached hydrogen (secondary N) is 1. The third kappa shape index (κ3) is 6.78. The van der Waals surface area contributed by atoms with Gasteiger partial charge in [-0.05, 0) is 24.7 Å². The molecule has 1 aliphatic rings. The van der Waals surface area contributed by atoms with Gasteiger partial charge in [-0.3, -0.25) is 4.79 Å². The minimum absolute atomic E-state index is 0.230. The number of carboxylic acids is 1. The molecule has 0 saturated heterocycles. The van der Waals surface area contributed by atoms with Crippen LogP contribution < -0.4 is 5.32 Å². The summed E-state index contributed by atoms with van der Waals surface area (Å²) in [6.07, 6.45) is 7.50. The van der Waals surface area contributed by atoms with Crippen molar-refractivity contribution in [2.75, 3.05) is 19.6 Å². The Hall–Kier alpha value is -1.26. The number of nitrogens with zero attached hydrogens (tertiary/aromatic N) is 1. The number of carbonyl (C=O) groups is 2. The number of amides is 2. The van der Waals surface area contributed by atoms with E-state index in [4.69, 9.17) is 5.11 Å². The molecule has 5 nitrogen and oxygen atoms in total. The van der Waals surface area contributed by atoms with Crippen LogP contribution in [0, 0.1) is 11.8 Å². The van der Waals surface area contributed by atoms with Crippen LogP contribution >= 0.6 is 0 Å². The summed E-state index contributed by atoms with van der Waals surface area (Å²) < 4.78 is 0. The van der Waals surface area contributed by atoms with Crippen molar-refractivity contribution in [2.24, 2.45) is 11.8 Å². The normalized spacial score (nSPS) is 15.6. The number of aliphatic carboxylic acids is 1. The summed E-state index contributed by atoms with van der Waals surface area (Å²) in [5.74, 6) is 0.128. The minimum atomic E-state index is -0.966. The predicted molar refractivity (Wildman–Crippen MR) is 78.6 cm³/mol. The average Bonchev–Trinajstić information content (AvgIpc) is 2.85. The van der Waals surface area contributed by atoms with Gasteiger partial charge in [-0.2, -0.15) is 0 Å². The highest BCUT2D eigenvalue weighted by atomic mass is 16.4. The minimum Gasteiger partial charge on any atom is -0.480 e. The average molecular weight is 284 g/mol. The maximum Gasteiger partial charge on any atom is 0.323 e. The van der Waals surface area contributed by atoms with Gasteiger partial charge >= 0.3 is 12.0 Å². The van der Waals surface area contributed by atoms with E-state index in [0.29, 0.717) is 13.1 Å². The van der Waals surface area contributed by atoms with Gasteiger partial charge < -0.3 is 15.3 Å². The first-order chi connectivity index (χ1) is 9.49. The lowest BCUT2D eigenvalue weighted by Gasteiger charge is -2.23. The Kier molecular flexibility index (Phi) is 7.41. The molecule has 2 N–H and O–H groups in total. The van der Waals surface area contributed by atoms with Crippen LogP contribution in [0.3, 0.4) is 0 Å². The predicted octanol–water partition coefficient (Wildman–Crippen LogP) is 2.71. The van der Waals surface area contributed by atoms with Crippen LogP contribution in [0.15, 0.2) is 0 Å². The van der Waals surface area contributed by atoms with Gasteiger partial charge in [-0.25, -0.2) is 4.79 Å². The second kappa shape index (κ2) is 8.82. The zero-order chi connectivity index (χ0) is 15.0. The van der Waals surface area contributed by atoms with Crippen LogP contribution in [0.5, 0.6) is 0 Å². The molecule has 20 heavy (non-hydrogen) atoms. The number of urea groups is 1. The van der Waals surface area contributed by atoms with Crippen molar-refractivity contribution < 1.29 is 14.7 Å². The molecule has 116 valence electrons. The third-order valence-corrected chi connectivity index (χ3v) is 3.74. The van der Waals surface area contributed by atoms with E-state index in [0.717, 1.165) is 12.3 Å². The molecule has 0 aromatic carbocycles. The van der Waals surface area contributed by atoms with E-state index < -0.39 is 5.97 Å². The Balaban J connectivity index is 2.23. The molecular formula is C15H28N2O3. The summed E-state index contributed by atoms with van der Waals surface area (Å²) in [5.41, 5.74) is 0. The SMILES string of the molecule is CC(C)CN(CC(=O)O)C(=O)NCCCC1CCCC1. The molecule has 1 aliphatic carbocycles. The van der Waals surface area contributed by atoms with Gasteiger partial charge in [0.2, 0.25) is 0 Å². The third-order valence-electron chi connectivity index (χ3n) is 3.74. The first-order valence-electron chi connectivity index (χ1n) is 7.73. The zero-order valence-electron chi connectivity index (χ0n) is 12.7. The number of hydrogen-bond acceptors (Lipinski definition) is 2. The zero-order valence-corrected chi connectivity index (χ0v) is 12.7. The standard InChI is InChI=1S/C15H28N2O3/c1-12(2)10-17(11-14(18)19)15(20)16-9-5-8-13-6-3-4-7-13/h12-13H,3-11H2,1-2H3,(H,16,20)(H,18,19). The van der Waals surface area contributed by atoms with Gasteiger partial charge in [0.25, 0.3) is 0 Å². The second-order valence-electron chi connectivity index (χ2n) is 6.19. The lowest BCUT2D eigenvalue weighted by Crippen LogP contribution is -2.44. The van der Waals surface area contributed by atoms with Crippen LogP contribution in [0.4, 0.5) is 4.79 Å². The molecule has 0 bridgehead atoms. The van der Waals surface area contributed by atoms with E-state index in [1.165, 1.54) is 37.0 Å². The monoisotopic (exact) mass is 284 g/mol. The van der Waals surface area contributed by atoms with Crippen molar-refractivity contribution in [3.05, 3.63) is 0 Å². The van der Waals surface area contributed by atoms with Crippen LogP contribution in [0.2, 0.25) is 0 Å². The van der Waals surface area contributed by atoms with Gasteiger partial charge in [0, 0.05) is 13.1 Å². The quantitative estimate of drug-likeness (QED) is 0.673. The summed E-state index contributed by atoms with van der Waals surface area (Å²) in [6, 6.07) is -0.257. The van der Waals surface area contributed by atoms with E-state index in [-0.39, 0.29) is 18.5 Å². The van der Waals surface area contributed by atoms with E-state index in [9.17, 15) is 9.59 Å². The van der Waals surface area contributed by atoms with Crippen molar-refractivity contribution in [1.29, 1.82) is 0 Å². The molecule has 0 unspecified atom stereocenters. The highest BCUT2D eigenvalue weighted by Crippen LogP contribution is 2.28. The Morgan fingerprint density at radius 1 is 1.30 bits per heavy atom. The van der Waals surface area contributed by atoms with Gasteiger partial charge in [-0.15, -0.1) is 0 Å². The van der Waals surface area contributed by atoms with Crippen molar-refractivity contribution in [3.8, 4) is 0 Å². The smallest absolute Gasteiger partial charge is 0.323 e. The summed E-state index contributed by atoms with van der Waals surface area (Å²) in [6.45, 7) is 4.83. The van der Waals surface area contributed by atoms with Gasteiger partial charge in [0.05, 0.1) is 0 Å². The molecule has 2 amide bonds. The number of hydrogen-bond donors (Lipinski definition) is 2. The fourth-order valence-electron chi connectivity index (χ4n) is 2.82. The van der Waals surface area contributed by atoms with Crippen LogP contribution in [-0.4, -0.2) is 41.6 Å². The Morgan fingerprint density at radius 2 is 1.95 bits per heavy atom. The molecule has 0 radical (unpaired) electrons. The summed E-state index contributed by atoms with van der Waals surface area (Å²) >= 11 is 0. The van der Waals surface area contributed by atoms with Gasteiger partial charge in [0.15, 0.2) is 0 Å². The lowest BCUT2D eigenvalue weighted by atomic mass is 10.0. The van der Waals surface area contributed by atoms with Gasteiger partial charge in [0.1, 0.15) is 6.54 Å². The van der Waals surface area contributed by atoms with Crippen molar-refractivity contribution >= 4 is 12.0 Å². The molecule has 1 fully saturated rings. The molecule has 0 aromatic rings. The second-order valence-corrected chi connectivity index (χ2v) is 6.19. The molecule has 0 heterocycles. The molecule has 0 aromatic heterocycles. The molecule has 0 atom stereocenters. The number of rotatable bonds is 8. The molecule has 5 heteroatoms. The van der Waals surface area contributed by atoms with E-state index >= 15 is 0 Å². The Morgan fingerprint density at radius 3 is 2.50 bits per heavy atom. The molecule has 0 spiro atoms. The topological polar surface area (TPSA) is 69.6 Å².